The zero-order valence-electron chi connectivity index (χ0n) is 19.8. The zero-order chi connectivity index (χ0) is 24.7. The third-order valence-corrected chi connectivity index (χ3v) is 6.28. The Labute approximate surface area is 199 Å². The van der Waals surface area contributed by atoms with Gasteiger partial charge in [-0.3, -0.25) is 9.59 Å². The van der Waals surface area contributed by atoms with Crippen molar-refractivity contribution >= 4 is 18.0 Å². The van der Waals surface area contributed by atoms with Gasteiger partial charge in [0.1, 0.15) is 12.1 Å². The summed E-state index contributed by atoms with van der Waals surface area (Å²) < 4.78 is 10.9. The second kappa shape index (κ2) is 11.2. The Morgan fingerprint density at radius 1 is 1.06 bits per heavy atom. The minimum absolute atomic E-state index is 0.0504. The summed E-state index contributed by atoms with van der Waals surface area (Å²) in [6.07, 6.45) is -0.236. The van der Waals surface area contributed by atoms with Crippen LogP contribution in [0.15, 0.2) is 48.5 Å². The van der Waals surface area contributed by atoms with E-state index in [0.717, 1.165) is 22.3 Å². The Balaban J connectivity index is 1.68. The number of fused-ring (bicyclic) bond motifs is 3. The van der Waals surface area contributed by atoms with E-state index in [1.54, 1.807) is 13.8 Å². The molecule has 2 atom stereocenters. The first-order valence-electron chi connectivity index (χ1n) is 11.5. The molecule has 2 aromatic rings. The molecule has 3 rings (SSSR count). The molecule has 3 N–H and O–H groups in total. The second-order valence-electron chi connectivity index (χ2n) is 8.63. The van der Waals surface area contributed by atoms with E-state index in [1.165, 1.54) is 7.11 Å². The first-order valence-corrected chi connectivity index (χ1v) is 11.5. The highest BCUT2D eigenvalue weighted by molar-refractivity contribution is 5.90. The fourth-order valence-corrected chi connectivity index (χ4v) is 4.36. The number of nitrogens with one attached hydrogen (secondary N) is 2. The Morgan fingerprint density at radius 2 is 1.65 bits per heavy atom. The zero-order valence-corrected chi connectivity index (χ0v) is 19.8. The van der Waals surface area contributed by atoms with Crippen LogP contribution in [-0.4, -0.2) is 55.0 Å². The fraction of sp³-hybridized carbons (Fsp3) is 0.423. The van der Waals surface area contributed by atoms with E-state index in [9.17, 15) is 14.4 Å². The number of alkyl carbamates (subject to hydrolysis) is 1. The fourth-order valence-electron chi connectivity index (χ4n) is 4.36. The number of rotatable bonds is 11. The van der Waals surface area contributed by atoms with Crippen LogP contribution in [0.25, 0.3) is 11.1 Å². The van der Waals surface area contributed by atoms with Crippen molar-refractivity contribution in [2.75, 3.05) is 20.3 Å². The van der Waals surface area contributed by atoms with Crippen molar-refractivity contribution < 1.29 is 29.0 Å². The highest BCUT2D eigenvalue weighted by atomic mass is 16.5. The Morgan fingerprint density at radius 3 is 2.18 bits per heavy atom. The molecular formula is C26H32N2O6. The van der Waals surface area contributed by atoms with E-state index in [2.05, 4.69) is 22.8 Å². The van der Waals surface area contributed by atoms with Gasteiger partial charge in [-0.2, -0.15) is 0 Å². The molecule has 0 fully saturated rings. The summed E-state index contributed by atoms with van der Waals surface area (Å²) in [5.74, 6) is -1.47. The first kappa shape index (κ1) is 25.2. The Bertz CT molecular complexity index is 994. The van der Waals surface area contributed by atoms with Crippen molar-refractivity contribution in [1.29, 1.82) is 0 Å². The molecule has 0 aromatic heterocycles. The van der Waals surface area contributed by atoms with Crippen molar-refractivity contribution in [2.24, 2.45) is 0 Å². The average Bonchev–Trinajstić information content (AvgIpc) is 3.14. The van der Waals surface area contributed by atoms with E-state index < -0.39 is 23.5 Å². The van der Waals surface area contributed by atoms with Crippen LogP contribution < -0.4 is 10.6 Å². The minimum Gasteiger partial charge on any atom is -0.481 e. The molecule has 34 heavy (non-hydrogen) atoms. The number of carbonyl (C=O) groups is 3. The lowest BCUT2D eigenvalue weighted by Gasteiger charge is -2.32. The van der Waals surface area contributed by atoms with Crippen LogP contribution in [0.1, 0.15) is 50.2 Å². The summed E-state index contributed by atoms with van der Waals surface area (Å²) in [6, 6.07) is 15.7. The molecule has 1 aliphatic rings. The van der Waals surface area contributed by atoms with E-state index in [-0.39, 0.29) is 44.4 Å². The molecule has 2 unspecified atom stereocenters. The average molecular weight is 469 g/mol. The van der Waals surface area contributed by atoms with Crippen LogP contribution in [-0.2, 0) is 19.1 Å². The van der Waals surface area contributed by atoms with E-state index in [4.69, 9.17) is 14.6 Å². The van der Waals surface area contributed by atoms with Crippen molar-refractivity contribution in [3.63, 3.8) is 0 Å². The van der Waals surface area contributed by atoms with Gasteiger partial charge in [0.2, 0.25) is 5.91 Å². The van der Waals surface area contributed by atoms with Crippen LogP contribution in [0.3, 0.4) is 0 Å². The van der Waals surface area contributed by atoms with Gasteiger partial charge in [-0.15, -0.1) is 0 Å². The molecule has 8 heteroatoms. The predicted molar refractivity (Wildman–Crippen MR) is 128 cm³/mol. The number of benzene rings is 2. The molecule has 2 amide bonds. The maximum Gasteiger partial charge on any atom is 0.408 e. The number of ether oxygens (including phenoxy) is 2. The highest BCUT2D eigenvalue weighted by Gasteiger charge is 2.40. The number of hydrogen-bond donors (Lipinski definition) is 3. The van der Waals surface area contributed by atoms with Crippen molar-refractivity contribution in [2.45, 2.75) is 50.6 Å². The number of carboxylic acid groups (broad SMARTS) is 1. The van der Waals surface area contributed by atoms with Crippen LogP contribution in [0.4, 0.5) is 4.79 Å². The van der Waals surface area contributed by atoms with Crippen molar-refractivity contribution in [1.82, 2.24) is 10.6 Å². The van der Waals surface area contributed by atoms with Gasteiger partial charge in [-0.05, 0) is 42.0 Å². The van der Waals surface area contributed by atoms with E-state index in [0.29, 0.717) is 0 Å². The Hall–Kier alpha value is -3.39. The lowest BCUT2D eigenvalue weighted by Crippen LogP contribution is -2.62. The number of aliphatic carboxylic acids is 1. The van der Waals surface area contributed by atoms with Crippen LogP contribution in [0.2, 0.25) is 0 Å². The van der Waals surface area contributed by atoms with Gasteiger partial charge in [0, 0.05) is 25.5 Å². The van der Waals surface area contributed by atoms with Gasteiger partial charge in [0.15, 0.2) is 0 Å². The number of amides is 2. The molecule has 0 saturated carbocycles. The quantitative estimate of drug-likeness (QED) is 0.464. The van der Waals surface area contributed by atoms with Crippen LogP contribution in [0, 0.1) is 0 Å². The minimum atomic E-state index is -1.34. The topological polar surface area (TPSA) is 114 Å². The smallest absolute Gasteiger partial charge is 0.408 e. The van der Waals surface area contributed by atoms with Gasteiger partial charge in [0.05, 0.1) is 6.61 Å². The maximum absolute atomic E-state index is 13.1. The monoisotopic (exact) mass is 468 g/mol. The maximum atomic E-state index is 13.1. The summed E-state index contributed by atoms with van der Waals surface area (Å²) in [5, 5.41) is 14.4. The third kappa shape index (κ3) is 5.56. The van der Waals surface area contributed by atoms with Crippen LogP contribution in [0.5, 0.6) is 0 Å². The number of carboxylic acids is 1. The van der Waals surface area contributed by atoms with Gasteiger partial charge in [0.25, 0.3) is 0 Å². The highest BCUT2D eigenvalue weighted by Crippen LogP contribution is 2.44. The molecule has 0 radical (unpaired) electrons. The Kier molecular flexibility index (Phi) is 8.28. The van der Waals surface area contributed by atoms with Gasteiger partial charge >= 0.3 is 12.1 Å². The largest absolute Gasteiger partial charge is 0.481 e. The molecule has 2 aromatic carbocycles. The van der Waals surface area contributed by atoms with Gasteiger partial charge in [-0.25, -0.2) is 4.79 Å². The second-order valence-corrected chi connectivity index (χ2v) is 8.63. The summed E-state index contributed by atoms with van der Waals surface area (Å²) >= 11 is 0. The normalized spacial score (nSPS) is 14.9. The van der Waals surface area contributed by atoms with Gasteiger partial charge in [-0.1, -0.05) is 55.5 Å². The predicted octanol–water partition coefficient (Wildman–Crippen LogP) is 3.69. The van der Waals surface area contributed by atoms with E-state index >= 15 is 0 Å². The van der Waals surface area contributed by atoms with Gasteiger partial charge < -0.3 is 25.2 Å². The molecule has 0 aliphatic heterocycles. The lowest BCUT2D eigenvalue weighted by molar-refractivity contribution is -0.137. The lowest BCUT2D eigenvalue weighted by atomic mass is 9.95. The molecule has 182 valence electrons. The molecule has 1 aliphatic carbocycles. The van der Waals surface area contributed by atoms with Crippen LogP contribution >= 0.6 is 0 Å². The summed E-state index contributed by atoms with van der Waals surface area (Å²) in [4.78, 5) is 36.7. The summed E-state index contributed by atoms with van der Waals surface area (Å²) in [7, 11) is 1.45. The molecule has 0 spiro atoms. The summed E-state index contributed by atoms with van der Waals surface area (Å²) in [5.41, 5.74) is 3.11. The van der Waals surface area contributed by atoms with Crippen molar-refractivity contribution in [3.05, 3.63) is 59.7 Å². The molecule has 0 bridgehead atoms. The molecule has 8 nitrogen and oxygen atoms in total. The number of methoxy groups -OCH3 is 1. The number of carbonyl (C=O) groups excluding carboxylic acids is 2. The first-order chi connectivity index (χ1) is 16.3. The molecular weight excluding hydrogens is 436 g/mol. The van der Waals surface area contributed by atoms with Crippen molar-refractivity contribution in [3.8, 4) is 11.1 Å². The molecule has 0 heterocycles. The number of hydrogen-bond acceptors (Lipinski definition) is 5. The third-order valence-electron chi connectivity index (χ3n) is 6.28. The SMILES string of the molecule is CCC(COC)(NC(=O)OCC1c2ccccc2-c2ccccc21)C(=O)NC(C)CCC(=O)O. The summed E-state index contributed by atoms with van der Waals surface area (Å²) in [6.45, 7) is 3.57. The van der Waals surface area contributed by atoms with E-state index in [1.807, 2.05) is 36.4 Å². The standard InChI is InChI=1S/C26H32N2O6/c1-4-26(16-33-3,24(31)27-17(2)13-14-23(29)30)28-25(32)34-15-22-20-11-7-5-9-18(20)19-10-6-8-12-21(19)22/h5-12,17,22H,4,13-16H2,1-3H3,(H,27,31)(H,28,32)(H,29,30). The molecule has 0 saturated heterocycles.